The lowest BCUT2D eigenvalue weighted by Crippen LogP contribution is -2.66. The van der Waals surface area contributed by atoms with Crippen LogP contribution < -0.4 is 15.1 Å². The van der Waals surface area contributed by atoms with Gasteiger partial charge in [0.1, 0.15) is 12.0 Å². The van der Waals surface area contributed by atoms with Crippen LogP contribution in [-0.2, 0) is 25.0 Å². The number of carbonyl (C=O) groups is 1. The molecule has 3 aromatic carbocycles. The molecule has 5 nitrogen and oxygen atoms in total. The number of unbranched alkanes of at least 4 members (excludes halogenated alkanes) is 1. The van der Waals surface area contributed by atoms with E-state index in [2.05, 4.69) is 115 Å². The van der Waals surface area contributed by atoms with Crippen LogP contribution in [0.5, 0.6) is 5.75 Å². The summed E-state index contributed by atoms with van der Waals surface area (Å²) < 4.78 is 26.0. The minimum absolute atomic E-state index is 0.0472. The van der Waals surface area contributed by atoms with Gasteiger partial charge in [-0.25, -0.2) is 0 Å². The summed E-state index contributed by atoms with van der Waals surface area (Å²) in [6.07, 6.45) is 4.21. The van der Waals surface area contributed by atoms with Crippen LogP contribution in [0.25, 0.3) is 0 Å². The minimum atomic E-state index is -2.58. The quantitative estimate of drug-likeness (QED) is 0.0765. The van der Waals surface area contributed by atoms with Gasteiger partial charge in [-0.3, -0.25) is 0 Å². The number of rotatable bonds is 18. The molecule has 3 rings (SSSR count). The molecule has 0 saturated carbocycles. The number of hydrogen-bond acceptors (Lipinski definition) is 5. The third-order valence-corrected chi connectivity index (χ3v) is 19.4. The molecule has 0 aliphatic rings. The van der Waals surface area contributed by atoms with E-state index in [4.69, 9.17) is 18.3 Å². The topological polar surface area (TPSA) is 54.0 Å². The molecule has 0 aromatic heterocycles. The molecule has 0 unspecified atom stereocenters. The molecule has 3 aromatic rings. The Hall–Kier alpha value is -2.56. The van der Waals surface area contributed by atoms with Crippen molar-refractivity contribution in [1.29, 1.82) is 0 Å². The maximum atomic E-state index is 12.1. The summed E-state index contributed by atoms with van der Waals surface area (Å²) >= 11 is 0. The van der Waals surface area contributed by atoms with Gasteiger partial charge >= 0.3 is 0 Å². The fourth-order valence-electron chi connectivity index (χ4n) is 5.94. The van der Waals surface area contributed by atoms with Crippen molar-refractivity contribution in [3.8, 4) is 5.75 Å². The molecule has 0 aliphatic heterocycles. The first kappa shape index (κ1) is 38.9. The SMILES string of the molecule is COc1ccc(CO[C@H](CCCCO[Si](c2ccccc2)(c2ccccc2)C(C)(C)C)C[C@H](O[Si](C)(C)C(C)(C)C)[C@H](C)C=O)cc1. The first-order valence-corrected chi connectivity index (χ1v) is 22.1. The van der Waals surface area contributed by atoms with Crippen LogP contribution in [0.1, 0.15) is 79.7 Å². The van der Waals surface area contributed by atoms with Gasteiger partial charge in [-0.05, 0) is 76.9 Å². The highest BCUT2D eigenvalue weighted by molar-refractivity contribution is 6.99. The van der Waals surface area contributed by atoms with Crippen LogP contribution in [0.15, 0.2) is 84.9 Å². The van der Waals surface area contributed by atoms with Crippen molar-refractivity contribution in [2.24, 2.45) is 5.92 Å². The van der Waals surface area contributed by atoms with Gasteiger partial charge in [0.15, 0.2) is 8.32 Å². The number of hydrogen-bond donors (Lipinski definition) is 0. The summed E-state index contributed by atoms with van der Waals surface area (Å²) in [5.74, 6) is 0.614. The van der Waals surface area contributed by atoms with E-state index in [1.807, 2.05) is 31.2 Å². The van der Waals surface area contributed by atoms with Gasteiger partial charge in [0.25, 0.3) is 8.32 Å². The van der Waals surface area contributed by atoms with E-state index in [1.165, 1.54) is 10.4 Å². The van der Waals surface area contributed by atoms with Crippen LogP contribution in [0, 0.1) is 5.92 Å². The van der Waals surface area contributed by atoms with Crippen LogP contribution in [-0.4, -0.2) is 48.8 Å². The summed E-state index contributed by atoms with van der Waals surface area (Å²) in [5.41, 5.74) is 1.09. The predicted molar refractivity (Wildman–Crippen MR) is 201 cm³/mol. The Morgan fingerprint density at radius 2 is 1.32 bits per heavy atom. The van der Waals surface area contributed by atoms with E-state index in [9.17, 15) is 4.79 Å². The summed E-state index contributed by atoms with van der Waals surface area (Å²) in [5, 5.41) is 2.59. The smallest absolute Gasteiger partial charge is 0.261 e. The monoisotopic (exact) mass is 676 g/mol. The summed E-state index contributed by atoms with van der Waals surface area (Å²) in [6.45, 7) is 21.3. The number of benzene rings is 3. The van der Waals surface area contributed by atoms with Crippen LogP contribution in [0.3, 0.4) is 0 Å². The zero-order valence-corrected chi connectivity index (χ0v) is 32.7. The zero-order valence-electron chi connectivity index (χ0n) is 30.7. The standard InChI is InChI=1S/C40H60O5Si2/c1-32(30-41)38(45-46(9,10)39(2,3)4)29-35(43-31-33-24-26-34(42-8)27-25-33)19-17-18-28-44-47(40(5,6)7,36-20-13-11-14-21-36)37-22-15-12-16-23-37/h11-16,20-27,30,32,35,38H,17-19,28-29,31H2,1-10H3/t32-,35-,38+/m1/s1. The van der Waals surface area contributed by atoms with E-state index in [1.54, 1.807) is 7.11 Å². The summed E-state index contributed by atoms with van der Waals surface area (Å²) in [4.78, 5) is 12.1. The van der Waals surface area contributed by atoms with Crippen molar-refractivity contribution in [2.75, 3.05) is 13.7 Å². The molecule has 0 amide bonds. The van der Waals surface area contributed by atoms with E-state index in [0.717, 1.165) is 36.9 Å². The Balaban J connectivity index is 1.78. The number of aldehydes is 1. The van der Waals surface area contributed by atoms with E-state index < -0.39 is 16.6 Å². The number of carbonyl (C=O) groups excluding carboxylic acids is 1. The number of ether oxygens (including phenoxy) is 2. The van der Waals surface area contributed by atoms with Gasteiger partial charge in [0, 0.05) is 12.5 Å². The highest BCUT2D eigenvalue weighted by Gasteiger charge is 2.50. The summed E-state index contributed by atoms with van der Waals surface area (Å²) in [6, 6.07) is 29.7. The first-order valence-electron chi connectivity index (χ1n) is 17.3. The molecule has 0 bridgehead atoms. The average molecular weight is 677 g/mol. The molecule has 0 spiro atoms. The van der Waals surface area contributed by atoms with E-state index in [-0.39, 0.29) is 28.2 Å². The molecular weight excluding hydrogens is 617 g/mol. The van der Waals surface area contributed by atoms with Gasteiger partial charge in [-0.1, -0.05) is 121 Å². The van der Waals surface area contributed by atoms with Gasteiger partial charge in [-0.15, -0.1) is 0 Å². The third-order valence-electron chi connectivity index (χ3n) is 9.85. The summed E-state index contributed by atoms with van der Waals surface area (Å²) in [7, 11) is -3.01. The molecule has 7 heteroatoms. The lowest BCUT2D eigenvalue weighted by molar-refractivity contribution is -0.114. The highest BCUT2D eigenvalue weighted by Crippen LogP contribution is 2.39. The zero-order chi connectivity index (χ0) is 34.7. The van der Waals surface area contributed by atoms with Crippen molar-refractivity contribution in [3.63, 3.8) is 0 Å². The van der Waals surface area contributed by atoms with Crippen molar-refractivity contribution < 1.29 is 23.1 Å². The Morgan fingerprint density at radius 3 is 1.79 bits per heavy atom. The Kier molecular flexibility index (Phi) is 14.2. The lowest BCUT2D eigenvalue weighted by Gasteiger charge is -2.43. The average Bonchev–Trinajstić information content (AvgIpc) is 3.04. The van der Waals surface area contributed by atoms with Gasteiger partial charge < -0.3 is 23.1 Å². The van der Waals surface area contributed by atoms with Crippen molar-refractivity contribution in [2.45, 2.75) is 116 Å². The maximum absolute atomic E-state index is 12.1. The van der Waals surface area contributed by atoms with Gasteiger partial charge in [-0.2, -0.15) is 0 Å². The minimum Gasteiger partial charge on any atom is -0.497 e. The molecule has 0 N–H and O–H groups in total. The van der Waals surface area contributed by atoms with Crippen molar-refractivity contribution in [3.05, 3.63) is 90.5 Å². The second-order valence-electron chi connectivity index (χ2n) is 15.4. The Bertz CT molecular complexity index is 1290. The Morgan fingerprint density at radius 1 is 0.766 bits per heavy atom. The molecule has 0 heterocycles. The van der Waals surface area contributed by atoms with Crippen molar-refractivity contribution >= 4 is 33.3 Å². The number of methoxy groups -OCH3 is 1. The Labute approximate surface area is 287 Å². The van der Waals surface area contributed by atoms with Crippen LogP contribution in [0.2, 0.25) is 23.2 Å². The molecule has 0 aliphatic carbocycles. The largest absolute Gasteiger partial charge is 0.497 e. The fraction of sp³-hybridized carbons (Fsp3) is 0.525. The lowest BCUT2D eigenvalue weighted by atomic mass is 9.98. The van der Waals surface area contributed by atoms with Gasteiger partial charge in [0.2, 0.25) is 0 Å². The maximum Gasteiger partial charge on any atom is 0.261 e. The molecule has 47 heavy (non-hydrogen) atoms. The van der Waals surface area contributed by atoms with E-state index >= 15 is 0 Å². The molecular formula is C40H60O5Si2. The first-order chi connectivity index (χ1) is 22.1. The predicted octanol–water partition coefficient (Wildman–Crippen LogP) is 8.94. The van der Waals surface area contributed by atoms with E-state index in [0.29, 0.717) is 19.6 Å². The second kappa shape index (κ2) is 17.2. The van der Waals surface area contributed by atoms with Gasteiger partial charge in [0.05, 0.1) is 25.9 Å². The highest BCUT2D eigenvalue weighted by atomic mass is 28.4. The van der Waals surface area contributed by atoms with Crippen LogP contribution >= 0.6 is 0 Å². The molecule has 0 saturated heterocycles. The molecule has 0 fully saturated rings. The fourth-order valence-corrected chi connectivity index (χ4v) is 12.0. The third kappa shape index (κ3) is 10.5. The molecule has 0 radical (unpaired) electrons. The molecule has 3 atom stereocenters. The second-order valence-corrected chi connectivity index (χ2v) is 24.5. The van der Waals surface area contributed by atoms with Crippen molar-refractivity contribution in [1.82, 2.24) is 0 Å². The molecule has 258 valence electrons. The van der Waals surface area contributed by atoms with Crippen LogP contribution in [0.4, 0.5) is 0 Å². The normalized spacial score (nSPS) is 14.8.